The Morgan fingerprint density at radius 3 is 2.96 bits per heavy atom. The maximum atomic E-state index is 5.75. The van der Waals surface area contributed by atoms with Gasteiger partial charge in [-0.15, -0.1) is 10.2 Å². The highest BCUT2D eigenvalue weighted by molar-refractivity contribution is 5.07. The van der Waals surface area contributed by atoms with Gasteiger partial charge in [-0.3, -0.25) is 9.88 Å². The highest BCUT2D eigenvalue weighted by Gasteiger charge is 2.21. The summed E-state index contributed by atoms with van der Waals surface area (Å²) < 4.78 is 13.3. The summed E-state index contributed by atoms with van der Waals surface area (Å²) in [6, 6.07) is 7.82. The zero-order valence-electron chi connectivity index (χ0n) is 13.3. The molecule has 0 bridgehead atoms. The van der Waals surface area contributed by atoms with Gasteiger partial charge in [0.05, 0.1) is 26.0 Å². The molecule has 1 aliphatic rings. The Morgan fingerprint density at radius 1 is 1.12 bits per heavy atom. The number of aromatic nitrogens is 4. The first-order valence-electron chi connectivity index (χ1n) is 8.01. The normalized spacial score (nSPS) is 14.7. The Morgan fingerprint density at radius 2 is 2.12 bits per heavy atom. The second-order valence-corrected chi connectivity index (χ2v) is 5.83. The number of nitrogens with zero attached hydrogens (tertiary/aromatic N) is 5. The van der Waals surface area contributed by atoms with E-state index in [1.165, 1.54) is 0 Å². The molecule has 3 aromatic heterocycles. The second-order valence-electron chi connectivity index (χ2n) is 5.83. The van der Waals surface area contributed by atoms with Gasteiger partial charge in [0, 0.05) is 25.5 Å². The van der Waals surface area contributed by atoms with Crippen molar-refractivity contribution in [2.45, 2.75) is 32.8 Å². The lowest BCUT2D eigenvalue weighted by molar-refractivity contribution is 0.0963. The van der Waals surface area contributed by atoms with Crippen molar-refractivity contribution in [2.75, 3.05) is 6.54 Å². The molecule has 0 saturated heterocycles. The lowest BCUT2D eigenvalue weighted by atomic mass is 10.3. The molecule has 0 atom stereocenters. The fourth-order valence-electron chi connectivity index (χ4n) is 2.88. The van der Waals surface area contributed by atoms with Crippen LogP contribution in [0.2, 0.25) is 0 Å². The van der Waals surface area contributed by atoms with Crippen LogP contribution in [0.5, 0.6) is 0 Å². The van der Waals surface area contributed by atoms with E-state index in [1.807, 2.05) is 30.5 Å². The summed E-state index contributed by atoms with van der Waals surface area (Å²) in [7, 11) is 0. The molecule has 24 heavy (non-hydrogen) atoms. The molecule has 4 heterocycles. The molecule has 0 radical (unpaired) electrons. The monoisotopic (exact) mass is 325 g/mol. The SMILES string of the molecule is c1cncc(COCc2nnc3n2CCN(Cc2ccco2)C3)c1. The molecule has 0 spiro atoms. The van der Waals surface area contributed by atoms with E-state index in [-0.39, 0.29) is 0 Å². The van der Waals surface area contributed by atoms with Crippen molar-refractivity contribution < 1.29 is 9.15 Å². The third kappa shape index (κ3) is 3.37. The molecule has 124 valence electrons. The van der Waals surface area contributed by atoms with Crippen molar-refractivity contribution >= 4 is 0 Å². The van der Waals surface area contributed by atoms with Gasteiger partial charge in [-0.25, -0.2) is 0 Å². The van der Waals surface area contributed by atoms with E-state index in [4.69, 9.17) is 9.15 Å². The molecule has 0 N–H and O–H groups in total. The van der Waals surface area contributed by atoms with Crippen LogP contribution in [0.1, 0.15) is 23.0 Å². The zero-order chi connectivity index (χ0) is 16.2. The minimum absolute atomic E-state index is 0.458. The molecule has 0 aromatic carbocycles. The maximum Gasteiger partial charge on any atom is 0.159 e. The fraction of sp³-hybridized carbons (Fsp3) is 0.353. The summed E-state index contributed by atoms with van der Waals surface area (Å²) in [5.41, 5.74) is 1.06. The Kier molecular flexibility index (Phi) is 4.35. The topological polar surface area (TPSA) is 69.2 Å². The molecule has 1 aliphatic heterocycles. The largest absolute Gasteiger partial charge is 0.468 e. The van der Waals surface area contributed by atoms with Gasteiger partial charge in [-0.2, -0.15) is 0 Å². The quantitative estimate of drug-likeness (QED) is 0.690. The number of rotatable bonds is 6. The molecule has 0 unspecified atom stereocenters. The average molecular weight is 325 g/mol. The number of hydrogen-bond donors (Lipinski definition) is 0. The van der Waals surface area contributed by atoms with E-state index in [9.17, 15) is 0 Å². The summed E-state index contributed by atoms with van der Waals surface area (Å²) in [5, 5.41) is 8.59. The summed E-state index contributed by atoms with van der Waals surface area (Å²) in [6.07, 6.45) is 5.28. The minimum atomic E-state index is 0.458. The van der Waals surface area contributed by atoms with E-state index in [2.05, 4.69) is 24.6 Å². The van der Waals surface area contributed by atoms with E-state index in [1.54, 1.807) is 12.5 Å². The number of fused-ring (bicyclic) bond motifs is 1. The number of ether oxygens (including phenoxy) is 1. The van der Waals surface area contributed by atoms with Crippen molar-refractivity contribution in [2.24, 2.45) is 0 Å². The van der Waals surface area contributed by atoms with Crippen LogP contribution in [0.15, 0.2) is 47.3 Å². The summed E-state index contributed by atoms with van der Waals surface area (Å²) in [5.74, 6) is 2.84. The molecule has 7 nitrogen and oxygen atoms in total. The van der Waals surface area contributed by atoms with E-state index >= 15 is 0 Å². The number of pyridine rings is 1. The van der Waals surface area contributed by atoms with Crippen LogP contribution in [0.4, 0.5) is 0 Å². The van der Waals surface area contributed by atoms with Crippen LogP contribution in [0.3, 0.4) is 0 Å². The Bertz CT molecular complexity index is 770. The average Bonchev–Trinajstić information content (AvgIpc) is 3.26. The van der Waals surface area contributed by atoms with E-state index in [0.29, 0.717) is 13.2 Å². The summed E-state index contributed by atoms with van der Waals surface area (Å²) >= 11 is 0. The van der Waals surface area contributed by atoms with Gasteiger partial charge < -0.3 is 13.7 Å². The molecule has 4 rings (SSSR count). The van der Waals surface area contributed by atoms with Crippen LogP contribution in [-0.2, 0) is 37.6 Å². The first-order chi connectivity index (χ1) is 11.9. The molecular formula is C17H19N5O2. The third-order valence-corrected chi connectivity index (χ3v) is 4.09. The first-order valence-corrected chi connectivity index (χ1v) is 8.01. The van der Waals surface area contributed by atoms with Crippen LogP contribution in [0, 0.1) is 0 Å². The van der Waals surface area contributed by atoms with E-state index in [0.717, 1.165) is 49.2 Å². The third-order valence-electron chi connectivity index (χ3n) is 4.09. The van der Waals surface area contributed by atoms with Gasteiger partial charge in [0.2, 0.25) is 0 Å². The zero-order valence-corrected chi connectivity index (χ0v) is 13.3. The first kappa shape index (κ1) is 15.0. The Hall–Kier alpha value is -2.51. The van der Waals surface area contributed by atoms with Gasteiger partial charge in [-0.1, -0.05) is 6.07 Å². The van der Waals surface area contributed by atoms with Gasteiger partial charge >= 0.3 is 0 Å². The molecule has 3 aromatic rings. The minimum Gasteiger partial charge on any atom is -0.468 e. The Balaban J connectivity index is 1.34. The van der Waals surface area contributed by atoms with E-state index < -0.39 is 0 Å². The Labute approximate surface area is 139 Å². The molecule has 0 amide bonds. The smallest absolute Gasteiger partial charge is 0.159 e. The molecule has 0 fully saturated rings. The number of furan rings is 1. The second kappa shape index (κ2) is 6.94. The van der Waals surface area contributed by atoms with Crippen molar-refractivity contribution in [3.63, 3.8) is 0 Å². The van der Waals surface area contributed by atoms with Crippen molar-refractivity contribution in [3.05, 3.63) is 65.9 Å². The molecule has 7 heteroatoms. The van der Waals surface area contributed by atoms with Crippen molar-refractivity contribution in [3.8, 4) is 0 Å². The van der Waals surface area contributed by atoms with Crippen molar-refractivity contribution in [1.29, 1.82) is 0 Å². The summed E-state index contributed by atoms with van der Waals surface area (Å²) in [4.78, 5) is 6.39. The highest BCUT2D eigenvalue weighted by Crippen LogP contribution is 2.16. The lowest BCUT2D eigenvalue weighted by Crippen LogP contribution is -2.33. The van der Waals surface area contributed by atoms with Gasteiger partial charge in [-0.05, 0) is 23.8 Å². The van der Waals surface area contributed by atoms with Crippen molar-refractivity contribution in [1.82, 2.24) is 24.6 Å². The van der Waals surface area contributed by atoms with Gasteiger partial charge in [0.1, 0.15) is 18.2 Å². The fourth-order valence-corrected chi connectivity index (χ4v) is 2.88. The van der Waals surface area contributed by atoms with Crippen LogP contribution < -0.4 is 0 Å². The molecular weight excluding hydrogens is 306 g/mol. The maximum absolute atomic E-state index is 5.75. The predicted molar refractivity (Wildman–Crippen MR) is 85.6 cm³/mol. The predicted octanol–water partition coefficient (Wildman–Crippen LogP) is 2.00. The molecule has 0 aliphatic carbocycles. The van der Waals surface area contributed by atoms with Gasteiger partial charge in [0.15, 0.2) is 5.82 Å². The molecule has 0 saturated carbocycles. The standard InChI is InChI=1S/C17H19N5O2/c1-3-14(9-18-5-1)12-23-13-17-20-19-16-11-21(6-7-22(16)17)10-15-4-2-8-24-15/h1-5,8-9H,6-7,10-13H2. The van der Waals surface area contributed by atoms with Gasteiger partial charge in [0.25, 0.3) is 0 Å². The number of hydrogen-bond acceptors (Lipinski definition) is 6. The highest BCUT2D eigenvalue weighted by atomic mass is 16.5. The lowest BCUT2D eigenvalue weighted by Gasteiger charge is -2.26. The summed E-state index contributed by atoms with van der Waals surface area (Å²) in [6.45, 7) is 4.37. The van der Waals surface area contributed by atoms with Crippen LogP contribution in [0.25, 0.3) is 0 Å². The van der Waals surface area contributed by atoms with Crippen LogP contribution in [-0.4, -0.2) is 31.2 Å². The van der Waals surface area contributed by atoms with Crippen LogP contribution >= 0.6 is 0 Å².